The van der Waals surface area contributed by atoms with E-state index in [9.17, 15) is 4.79 Å². The molecule has 7 nitrogen and oxygen atoms in total. The second-order valence-corrected chi connectivity index (χ2v) is 7.93. The Morgan fingerprint density at radius 1 is 1.26 bits per heavy atom. The molecule has 9 heteroatoms. The lowest BCUT2D eigenvalue weighted by Crippen LogP contribution is -2.39. The van der Waals surface area contributed by atoms with Gasteiger partial charge in [0.05, 0.1) is 41.1 Å². The van der Waals surface area contributed by atoms with Crippen LogP contribution in [-0.4, -0.2) is 48.0 Å². The fourth-order valence-electron chi connectivity index (χ4n) is 3.40. The summed E-state index contributed by atoms with van der Waals surface area (Å²) in [5.74, 6) is 0.500. The predicted octanol–water partition coefficient (Wildman–Crippen LogP) is 3.75. The van der Waals surface area contributed by atoms with E-state index < -0.39 is 0 Å². The Labute approximate surface area is 190 Å². The van der Waals surface area contributed by atoms with Gasteiger partial charge in [0.2, 0.25) is 0 Å². The van der Waals surface area contributed by atoms with Gasteiger partial charge < -0.3 is 20.5 Å². The number of morpholine rings is 1. The summed E-state index contributed by atoms with van der Waals surface area (Å²) in [6, 6.07) is 12.1. The van der Waals surface area contributed by atoms with Crippen LogP contribution in [0.15, 0.2) is 48.7 Å². The Balaban J connectivity index is 1.49. The number of hydrogen-bond acceptors (Lipinski definition) is 6. The number of rotatable bonds is 7. The molecule has 0 radical (unpaired) electrons. The number of carbonyl (C=O) groups is 1. The largest absolute Gasteiger partial charge is 0.493 e. The summed E-state index contributed by atoms with van der Waals surface area (Å²) in [5, 5.41) is 8.29. The summed E-state index contributed by atoms with van der Waals surface area (Å²) < 4.78 is 12.9. The standard InChI is InChI=1S/C22H22Cl2N4O3/c23-18-5-2-6-19(24)20(18)28-22(25)17(13-27-28)21(29)14-3-1-4-15(11-14)30-9-7-16-12-26-8-10-31-16/h1-6,11,13,16,26H,7-10,12,25H2. The van der Waals surface area contributed by atoms with Crippen molar-refractivity contribution in [3.8, 4) is 11.4 Å². The number of ketones is 1. The minimum Gasteiger partial charge on any atom is -0.493 e. The molecule has 3 N–H and O–H groups in total. The van der Waals surface area contributed by atoms with E-state index in [0.717, 1.165) is 19.5 Å². The van der Waals surface area contributed by atoms with E-state index in [1.165, 1.54) is 10.9 Å². The highest BCUT2D eigenvalue weighted by atomic mass is 35.5. The number of halogens is 2. The molecule has 1 aliphatic rings. The summed E-state index contributed by atoms with van der Waals surface area (Å²) >= 11 is 12.5. The highest BCUT2D eigenvalue weighted by molar-refractivity contribution is 6.37. The van der Waals surface area contributed by atoms with E-state index in [0.29, 0.717) is 40.3 Å². The zero-order chi connectivity index (χ0) is 21.8. The molecular weight excluding hydrogens is 439 g/mol. The number of aromatic nitrogens is 2. The first-order valence-corrected chi connectivity index (χ1v) is 10.7. The van der Waals surface area contributed by atoms with Crippen LogP contribution >= 0.6 is 23.2 Å². The molecule has 1 aromatic heterocycles. The Kier molecular flexibility index (Phi) is 6.77. The Morgan fingerprint density at radius 3 is 2.77 bits per heavy atom. The van der Waals surface area contributed by atoms with E-state index in [2.05, 4.69) is 10.4 Å². The molecule has 0 aliphatic carbocycles. The minimum absolute atomic E-state index is 0.140. The first-order valence-electron chi connectivity index (χ1n) is 9.92. The maximum absolute atomic E-state index is 13.1. The Bertz CT molecular complexity index is 1060. The summed E-state index contributed by atoms with van der Waals surface area (Å²) in [5.41, 5.74) is 7.36. The minimum atomic E-state index is -0.266. The van der Waals surface area contributed by atoms with Crippen LogP contribution in [0, 0.1) is 0 Å². The smallest absolute Gasteiger partial charge is 0.198 e. The number of ether oxygens (including phenoxy) is 2. The fraction of sp³-hybridized carbons (Fsp3) is 0.273. The van der Waals surface area contributed by atoms with Crippen molar-refractivity contribution in [2.24, 2.45) is 0 Å². The topological polar surface area (TPSA) is 91.4 Å². The average Bonchev–Trinajstić information content (AvgIpc) is 3.15. The van der Waals surface area contributed by atoms with Gasteiger partial charge in [-0.2, -0.15) is 5.10 Å². The van der Waals surface area contributed by atoms with Gasteiger partial charge in [-0.25, -0.2) is 4.68 Å². The zero-order valence-corrected chi connectivity index (χ0v) is 18.2. The molecule has 31 heavy (non-hydrogen) atoms. The van der Waals surface area contributed by atoms with Gasteiger partial charge in [0.15, 0.2) is 5.78 Å². The lowest BCUT2D eigenvalue weighted by Gasteiger charge is -2.23. The molecule has 0 spiro atoms. The second-order valence-electron chi connectivity index (χ2n) is 7.12. The quantitative estimate of drug-likeness (QED) is 0.521. The molecule has 162 valence electrons. The lowest BCUT2D eigenvalue weighted by atomic mass is 10.1. The SMILES string of the molecule is Nc1c(C(=O)c2cccc(OCCC3CNCCO3)c2)cnn1-c1c(Cl)cccc1Cl. The lowest BCUT2D eigenvalue weighted by molar-refractivity contribution is 0.0159. The van der Waals surface area contributed by atoms with Gasteiger partial charge >= 0.3 is 0 Å². The van der Waals surface area contributed by atoms with Gasteiger partial charge in [-0.15, -0.1) is 0 Å². The average molecular weight is 461 g/mol. The monoisotopic (exact) mass is 460 g/mol. The van der Waals surface area contributed by atoms with Crippen molar-refractivity contribution in [3.63, 3.8) is 0 Å². The van der Waals surface area contributed by atoms with Crippen molar-refractivity contribution in [1.82, 2.24) is 15.1 Å². The third-order valence-electron chi connectivity index (χ3n) is 5.01. The number of nitrogens with one attached hydrogen (secondary N) is 1. The molecule has 1 unspecified atom stereocenters. The van der Waals surface area contributed by atoms with Crippen LogP contribution < -0.4 is 15.8 Å². The number of carbonyl (C=O) groups excluding carboxylic acids is 1. The maximum atomic E-state index is 13.1. The predicted molar refractivity (Wildman–Crippen MR) is 121 cm³/mol. The third-order valence-corrected chi connectivity index (χ3v) is 5.62. The van der Waals surface area contributed by atoms with Crippen molar-refractivity contribution in [2.45, 2.75) is 12.5 Å². The van der Waals surface area contributed by atoms with Crippen molar-refractivity contribution < 1.29 is 14.3 Å². The number of para-hydroxylation sites is 1. The van der Waals surface area contributed by atoms with Gasteiger partial charge in [-0.05, 0) is 24.3 Å². The molecule has 0 bridgehead atoms. The molecule has 0 saturated carbocycles. The third kappa shape index (κ3) is 4.85. The first-order chi connectivity index (χ1) is 15.0. The molecule has 2 heterocycles. The maximum Gasteiger partial charge on any atom is 0.198 e. The van der Waals surface area contributed by atoms with E-state index in [4.69, 9.17) is 38.4 Å². The van der Waals surface area contributed by atoms with Crippen LogP contribution in [0.1, 0.15) is 22.3 Å². The van der Waals surface area contributed by atoms with Crippen molar-refractivity contribution in [2.75, 3.05) is 32.0 Å². The summed E-state index contributed by atoms with van der Waals surface area (Å²) in [6.07, 6.45) is 2.32. The summed E-state index contributed by atoms with van der Waals surface area (Å²) in [6.45, 7) is 2.91. The number of benzene rings is 2. The first kappa shape index (κ1) is 21.6. The molecule has 0 amide bonds. The fourth-order valence-corrected chi connectivity index (χ4v) is 3.96. The molecule has 1 fully saturated rings. The van der Waals surface area contributed by atoms with Crippen LogP contribution in [-0.2, 0) is 4.74 Å². The molecule has 3 aromatic rings. The number of nitrogen functional groups attached to an aromatic ring is 1. The number of anilines is 1. The van der Waals surface area contributed by atoms with Crippen LogP contribution in [0.3, 0.4) is 0 Å². The van der Waals surface area contributed by atoms with Crippen LogP contribution in [0.2, 0.25) is 10.0 Å². The molecule has 1 atom stereocenters. The number of hydrogen-bond donors (Lipinski definition) is 2. The highest BCUT2D eigenvalue weighted by Crippen LogP contribution is 2.31. The van der Waals surface area contributed by atoms with E-state index in [1.54, 1.807) is 36.4 Å². The van der Waals surface area contributed by atoms with Crippen LogP contribution in [0.5, 0.6) is 5.75 Å². The number of nitrogens with zero attached hydrogens (tertiary/aromatic N) is 2. The molecule has 1 aliphatic heterocycles. The molecular formula is C22H22Cl2N4O3. The van der Waals surface area contributed by atoms with Gasteiger partial charge in [0.25, 0.3) is 0 Å². The van der Waals surface area contributed by atoms with Crippen molar-refractivity contribution in [3.05, 3.63) is 69.8 Å². The zero-order valence-electron chi connectivity index (χ0n) is 16.7. The summed E-state index contributed by atoms with van der Waals surface area (Å²) in [7, 11) is 0. The second kappa shape index (κ2) is 9.70. The van der Waals surface area contributed by atoms with Crippen LogP contribution in [0.25, 0.3) is 5.69 Å². The van der Waals surface area contributed by atoms with Crippen molar-refractivity contribution in [1.29, 1.82) is 0 Å². The Hall–Kier alpha value is -2.58. The van der Waals surface area contributed by atoms with Crippen molar-refractivity contribution >= 4 is 34.8 Å². The number of nitrogens with two attached hydrogens (primary N) is 1. The van der Waals surface area contributed by atoms with E-state index in [-0.39, 0.29) is 23.3 Å². The van der Waals surface area contributed by atoms with Gasteiger partial charge in [0, 0.05) is 25.1 Å². The summed E-state index contributed by atoms with van der Waals surface area (Å²) in [4.78, 5) is 13.1. The Morgan fingerprint density at radius 2 is 2.03 bits per heavy atom. The molecule has 4 rings (SSSR count). The van der Waals surface area contributed by atoms with Gasteiger partial charge in [-0.3, -0.25) is 4.79 Å². The van der Waals surface area contributed by atoms with E-state index >= 15 is 0 Å². The normalized spacial score (nSPS) is 16.3. The van der Waals surface area contributed by atoms with Gasteiger partial charge in [0.1, 0.15) is 17.3 Å². The molecule has 1 saturated heterocycles. The van der Waals surface area contributed by atoms with E-state index in [1.807, 2.05) is 6.07 Å². The van der Waals surface area contributed by atoms with Crippen LogP contribution in [0.4, 0.5) is 5.82 Å². The van der Waals surface area contributed by atoms with Gasteiger partial charge in [-0.1, -0.05) is 41.4 Å². The molecule has 2 aromatic carbocycles. The highest BCUT2D eigenvalue weighted by Gasteiger charge is 2.21.